The van der Waals surface area contributed by atoms with Crippen molar-refractivity contribution >= 4 is 0 Å². The molecule has 2 saturated heterocycles. The third-order valence-corrected chi connectivity index (χ3v) is 2.69. The summed E-state index contributed by atoms with van der Waals surface area (Å²) in [6.45, 7) is 1.29. The largest absolute Gasteiger partial charge is 0.391 e. The van der Waals surface area contributed by atoms with Crippen molar-refractivity contribution < 1.29 is 15.3 Å². The van der Waals surface area contributed by atoms with E-state index < -0.39 is 18.3 Å². The molecule has 0 aromatic heterocycles. The molecule has 11 heavy (non-hydrogen) atoms. The molecule has 2 fully saturated rings. The summed E-state index contributed by atoms with van der Waals surface area (Å²) in [6.07, 6.45) is -1.17. The highest BCUT2D eigenvalue weighted by Gasteiger charge is 2.47. The fourth-order valence-electron chi connectivity index (χ4n) is 2.09. The van der Waals surface area contributed by atoms with Crippen LogP contribution in [-0.2, 0) is 0 Å². The molecule has 2 aliphatic rings. The molecule has 64 valence electrons. The van der Waals surface area contributed by atoms with Gasteiger partial charge in [0.2, 0.25) is 0 Å². The predicted octanol–water partition coefficient (Wildman–Crippen LogP) is -1.84. The second-order valence-corrected chi connectivity index (χ2v) is 3.40. The average molecular weight is 159 g/mol. The quantitative estimate of drug-likeness (QED) is 0.388. The first-order chi connectivity index (χ1) is 5.20. The van der Waals surface area contributed by atoms with Crippen LogP contribution in [0.2, 0.25) is 0 Å². The van der Waals surface area contributed by atoms with E-state index in [9.17, 15) is 15.3 Å². The number of hydrogen-bond donors (Lipinski definition) is 3. The van der Waals surface area contributed by atoms with Crippen molar-refractivity contribution in [2.24, 2.45) is 0 Å². The standard InChI is InChI=1S/C7H13NO3/c9-4-1-2-8-3-5(10)7(11)6(4)8/h4-7,9-11H,1-3H2/t4-,5-,6?,7-/m1/s1. The SMILES string of the molecule is O[C@@H]1CCN2C[C@@H](O)[C@@H](O)C12. The van der Waals surface area contributed by atoms with Crippen molar-refractivity contribution in [3.63, 3.8) is 0 Å². The van der Waals surface area contributed by atoms with Gasteiger partial charge in [-0.3, -0.25) is 4.90 Å². The molecular formula is C7H13NO3. The number of rotatable bonds is 0. The van der Waals surface area contributed by atoms with Crippen LogP contribution in [-0.4, -0.2) is 57.7 Å². The fourth-order valence-corrected chi connectivity index (χ4v) is 2.09. The Morgan fingerprint density at radius 3 is 2.45 bits per heavy atom. The van der Waals surface area contributed by atoms with Crippen molar-refractivity contribution in [2.75, 3.05) is 13.1 Å². The maximum atomic E-state index is 9.39. The van der Waals surface area contributed by atoms with E-state index in [4.69, 9.17) is 0 Å². The molecule has 0 aromatic rings. The summed E-state index contributed by atoms with van der Waals surface area (Å²) in [6, 6.07) is -0.218. The number of aliphatic hydroxyl groups is 3. The molecule has 0 saturated carbocycles. The van der Waals surface area contributed by atoms with Gasteiger partial charge in [-0.05, 0) is 6.42 Å². The van der Waals surface area contributed by atoms with Crippen molar-refractivity contribution in [2.45, 2.75) is 30.8 Å². The zero-order valence-electron chi connectivity index (χ0n) is 6.22. The van der Waals surface area contributed by atoms with Crippen molar-refractivity contribution in [1.29, 1.82) is 0 Å². The van der Waals surface area contributed by atoms with Crippen molar-refractivity contribution in [3.05, 3.63) is 0 Å². The monoisotopic (exact) mass is 159 g/mol. The van der Waals surface area contributed by atoms with E-state index in [0.29, 0.717) is 13.0 Å². The third-order valence-electron chi connectivity index (χ3n) is 2.69. The normalized spacial score (nSPS) is 51.5. The van der Waals surface area contributed by atoms with E-state index in [1.54, 1.807) is 0 Å². The number of hydrogen-bond acceptors (Lipinski definition) is 4. The highest BCUT2D eigenvalue weighted by Crippen LogP contribution is 2.28. The van der Waals surface area contributed by atoms with Crippen LogP contribution in [0, 0.1) is 0 Å². The molecule has 0 spiro atoms. The van der Waals surface area contributed by atoms with E-state index >= 15 is 0 Å². The molecule has 3 N–H and O–H groups in total. The Labute approximate surface area is 65.1 Å². The minimum Gasteiger partial charge on any atom is -0.391 e. The summed E-state index contributed by atoms with van der Waals surface area (Å²) < 4.78 is 0. The molecule has 4 heteroatoms. The van der Waals surface area contributed by atoms with Gasteiger partial charge in [0.1, 0.15) is 0 Å². The first-order valence-electron chi connectivity index (χ1n) is 3.98. The lowest BCUT2D eigenvalue weighted by atomic mass is 10.1. The lowest BCUT2D eigenvalue weighted by molar-refractivity contribution is 0.00792. The zero-order chi connectivity index (χ0) is 8.01. The second-order valence-electron chi connectivity index (χ2n) is 3.40. The Morgan fingerprint density at radius 2 is 1.82 bits per heavy atom. The summed E-state index contributed by atoms with van der Waals surface area (Å²) >= 11 is 0. The van der Waals surface area contributed by atoms with Gasteiger partial charge in [0, 0.05) is 13.1 Å². The van der Waals surface area contributed by atoms with Crippen molar-refractivity contribution in [1.82, 2.24) is 4.90 Å². The Hall–Kier alpha value is -0.160. The molecular weight excluding hydrogens is 146 g/mol. The molecule has 1 unspecified atom stereocenters. The molecule has 2 aliphatic heterocycles. The molecule has 0 bridgehead atoms. The van der Waals surface area contributed by atoms with Gasteiger partial charge in [-0.2, -0.15) is 0 Å². The lowest BCUT2D eigenvalue weighted by Gasteiger charge is -2.18. The summed E-state index contributed by atoms with van der Waals surface area (Å²) in [5, 5.41) is 28.0. The van der Waals surface area contributed by atoms with Crippen LogP contribution in [0.25, 0.3) is 0 Å². The highest BCUT2D eigenvalue weighted by molar-refractivity contribution is 5.01. The van der Waals surface area contributed by atoms with E-state index in [1.807, 2.05) is 4.90 Å². The molecule has 2 rings (SSSR count). The van der Waals surface area contributed by atoms with Gasteiger partial charge in [-0.15, -0.1) is 0 Å². The number of fused-ring (bicyclic) bond motifs is 1. The van der Waals surface area contributed by atoms with Gasteiger partial charge in [0.25, 0.3) is 0 Å². The topological polar surface area (TPSA) is 63.9 Å². The van der Waals surface area contributed by atoms with E-state index in [0.717, 1.165) is 6.54 Å². The van der Waals surface area contributed by atoms with E-state index in [-0.39, 0.29) is 6.04 Å². The predicted molar refractivity (Wildman–Crippen MR) is 38.0 cm³/mol. The minimum atomic E-state index is -0.757. The van der Waals surface area contributed by atoms with Crippen molar-refractivity contribution in [3.8, 4) is 0 Å². The molecule has 4 nitrogen and oxygen atoms in total. The summed E-state index contributed by atoms with van der Waals surface area (Å²) in [7, 11) is 0. The van der Waals surface area contributed by atoms with Gasteiger partial charge < -0.3 is 15.3 Å². The number of aliphatic hydroxyl groups excluding tert-OH is 3. The average Bonchev–Trinajstić information content (AvgIpc) is 2.41. The van der Waals surface area contributed by atoms with Gasteiger partial charge >= 0.3 is 0 Å². The first-order valence-corrected chi connectivity index (χ1v) is 3.98. The summed E-state index contributed by atoms with van der Waals surface area (Å²) in [5.74, 6) is 0. The summed E-state index contributed by atoms with van der Waals surface area (Å²) in [4.78, 5) is 1.94. The number of nitrogens with zero attached hydrogens (tertiary/aromatic N) is 1. The highest BCUT2D eigenvalue weighted by atomic mass is 16.3. The van der Waals surface area contributed by atoms with Crippen LogP contribution in [0.5, 0.6) is 0 Å². The smallest absolute Gasteiger partial charge is 0.0991 e. The van der Waals surface area contributed by atoms with E-state index in [2.05, 4.69) is 0 Å². The molecule has 0 aliphatic carbocycles. The summed E-state index contributed by atoms with van der Waals surface area (Å²) in [5.41, 5.74) is 0. The Balaban J connectivity index is 2.13. The molecule has 2 heterocycles. The van der Waals surface area contributed by atoms with Gasteiger partial charge in [-0.25, -0.2) is 0 Å². The van der Waals surface area contributed by atoms with E-state index in [1.165, 1.54) is 0 Å². The molecule has 0 radical (unpaired) electrons. The van der Waals surface area contributed by atoms with Crippen LogP contribution in [0.15, 0.2) is 0 Å². The lowest BCUT2D eigenvalue weighted by Crippen LogP contribution is -2.38. The zero-order valence-corrected chi connectivity index (χ0v) is 6.22. The van der Waals surface area contributed by atoms with Gasteiger partial charge in [0.05, 0.1) is 24.4 Å². The van der Waals surface area contributed by atoms with Crippen LogP contribution >= 0.6 is 0 Å². The van der Waals surface area contributed by atoms with Crippen LogP contribution in [0.1, 0.15) is 6.42 Å². The Morgan fingerprint density at radius 1 is 1.09 bits per heavy atom. The first kappa shape index (κ1) is 7.49. The van der Waals surface area contributed by atoms with Crippen LogP contribution in [0.3, 0.4) is 0 Å². The minimum absolute atomic E-state index is 0.218. The molecule has 0 amide bonds. The third kappa shape index (κ3) is 0.980. The maximum Gasteiger partial charge on any atom is 0.0991 e. The second kappa shape index (κ2) is 2.42. The fraction of sp³-hybridized carbons (Fsp3) is 1.00. The van der Waals surface area contributed by atoms with Gasteiger partial charge in [-0.1, -0.05) is 0 Å². The van der Waals surface area contributed by atoms with Crippen LogP contribution in [0.4, 0.5) is 0 Å². The molecule has 4 atom stereocenters. The maximum absolute atomic E-state index is 9.39. The Kier molecular flexibility index (Phi) is 1.64. The van der Waals surface area contributed by atoms with Crippen LogP contribution < -0.4 is 0 Å². The Bertz CT molecular complexity index is 162. The van der Waals surface area contributed by atoms with Gasteiger partial charge in [0.15, 0.2) is 0 Å². The molecule has 0 aromatic carbocycles.